The Morgan fingerprint density at radius 3 is 3.00 bits per heavy atom. The Bertz CT molecular complexity index is 225. The zero-order chi connectivity index (χ0) is 7.68. The van der Waals surface area contributed by atoms with E-state index in [-0.39, 0.29) is 0 Å². The first-order valence-corrected chi connectivity index (χ1v) is 4.15. The predicted octanol–water partition coefficient (Wildman–Crippen LogP) is 1.85. The number of hydrogen-bond acceptors (Lipinski definition) is 1. The number of hydrogen-bond donors (Lipinski definition) is 1. The number of rotatable bonds is 0. The quantitative estimate of drug-likeness (QED) is 0.551. The Morgan fingerprint density at radius 2 is 2.18 bits per heavy atom. The van der Waals surface area contributed by atoms with Crippen molar-refractivity contribution in [3.63, 3.8) is 0 Å². The molecule has 1 fully saturated rings. The van der Waals surface area contributed by atoms with Gasteiger partial charge in [-0.3, -0.25) is 0 Å². The Morgan fingerprint density at radius 1 is 1.36 bits per heavy atom. The van der Waals surface area contributed by atoms with E-state index >= 15 is 0 Å². The highest BCUT2D eigenvalue weighted by atomic mass is 14.9. The summed E-state index contributed by atoms with van der Waals surface area (Å²) in [6.07, 6.45) is 10.0. The molecule has 2 aliphatic rings. The van der Waals surface area contributed by atoms with Gasteiger partial charge in [0.25, 0.3) is 0 Å². The van der Waals surface area contributed by atoms with Gasteiger partial charge in [0, 0.05) is 18.2 Å². The Hall–Kier alpha value is -0.980. The van der Waals surface area contributed by atoms with E-state index in [1.54, 1.807) is 0 Å². The Balaban J connectivity index is 2.20. The molecule has 1 aliphatic carbocycles. The second-order valence-corrected chi connectivity index (χ2v) is 3.20. The van der Waals surface area contributed by atoms with Gasteiger partial charge in [0.1, 0.15) is 0 Å². The van der Waals surface area contributed by atoms with Crippen LogP contribution in [0.25, 0.3) is 0 Å². The summed E-state index contributed by atoms with van der Waals surface area (Å²) in [4.78, 5) is 0. The van der Waals surface area contributed by atoms with Crippen LogP contribution in [0.1, 0.15) is 6.42 Å². The summed E-state index contributed by atoms with van der Waals surface area (Å²) in [7, 11) is 0. The van der Waals surface area contributed by atoms with E-state index in [0.717, 1.165) is 6.54 Å². The second kappa shape index (κ2) is 2.57. The molecule has 1 N–H and O–H groups in total. The maximum Gasteiger partial charge on any atom is 0.0227 e. The van der Waals surface area contributed by atoms with E-state index in [1.165, 1.54) is 12.1 Å². The molecule has 0 aromatic rings. The lowest BCUT2D eigenvalue weighted by Gasteiger charge is -2.31. The predicted molar refractivity (Wildman–Crippen MR) is 47.0 cm³/mol. The van der Waals surface area contributed by atoms with Gasteiger partial charge in [-0.1, -0.05) is 30.9 Å². The van der Waals surface area contributed by atoms with Crippen LogP contribution in [0.2, 0.25) is 0 Å². The van der Waals surface area contributed by atoms with Crippen LogP contribution in [-0.4, -0.2) is 6.54 Å². The molecule has 1 saturated heterocycles. The van der Waals surface area contributed by atoms with E-state index in [1.807, 2.05) is 0 Å². The normalized spacial score (nSPS) is 34.7. The van der Waals surface area contributed by atoms with Gasteiger partial charge in [-0.15, -0.1) is 0 Å². The van der Waals surface area contributed by atoms with Crippen molar-refractivity contribution in [1.29, 1.82) is 0 Å². The Kier molecular flexibility index (Phi) is 1.57. The molecule has 2 unspecified atom stereocenters. The summed E-state index contributed by atoms with van der Waals surface area (Å²) in [5.74, 6) is 1.25. The van der Waals surface area contributed by atoms with Crippen LogP contribution in [0.3, 0.4) is 0 Å². The summed E-state index contributed by atoms with van der Waals surface area (Å²) in [6, 6.07) is 0. The van der Waals surface area contributed by atoms with Gasteiger partial charge < -0.3 is 5.32 Å². The first-order valence-electron chi connectivity index (χ1n) is 4.15. The monoisotopic (exact) mass is 147 g/mol. The van der Waals surface area contributed by atoms with Crippen molar-refractivity contribution in [2.24, 2.45) is 11.8 Å². The van der Waals surface area contributed by atoms with Gasteiger partial charge in [0.15, 0.2) is 0 Å². The fourth-order valence-corrected chi connectivity index (χ4v) is 1.82. The SMILES string of the molecule is C=C1NCCC2C=CC=CC12. The van der Waals surface area contributed by atoms with Crippen molar-refractivity contribution in [3.05, 3.63) is 36.6 Å². The van der Waals surface area contributed by atoms with Gasteiger partial charge in [0.2, 0.25) is 0 Å². The third kappa shape index (κ3) is 1.11. The van der Waals surface area contributed by atoms with Gasteiger partial charge in [-0.25, -0.2) is 0 Å². The molecule has 2 rings (SSSR count). The molecule has 2 atom stereocenters. The van der Waals surface area contributed by atoms with Gasteiger partial charge in [-0.2, -0.15) is 0 Å². The minimum Gasteiger partial charge on any atom is -0.388 e. The third-order valence-electron chi connectivity index (χ3n) is 2.48. The van der Waals surface area contributed by atoms with Crippen LogP contribution < -0.4 is 5.32 Å². The maximum atomic E-state index is 4.00. The van der Waals surface area contributed by atoms with Gasteiger partial charge in [0.05, 0.1) is 0 Å². The lowest BCUT2D eigenvalue weighted by atomic mass is 9.81. The highest BCUT2D eigenvalue weighted by Gasteiger charge is 2.24. The topological polar surface area (TPSA) is 12.0 Å². The van der Waals surface area contributed by atoms with Crippen LogP contribution in [0, 0.1) is 11.8 Å². The van der Waals surface area contributed by atoms with Crippen LogP contribution in [0.5, 0.6) is 0 Å². The van der Waals surface area contributed by atoms with Crippen molar-refractivity contribution in [1.82, 2.24) is 5.32 Å². The number of piperidine rings is 1. The fourth-order valence-electron chi connectivity index (χ4n) is 1.82. The average Bonchev–Trinajstić information content (AvgIpc) is 2.06. The molecule has 1 heteroatoms. The largest absolute Gasteiger partial charge is 0.388 e. The molecule has 1 aliphatic heterocycles. The molecule has 1 heterocycles. The first-order chi connectivity index (χ1) is 5.38. The van der Waals surface area contributed by atoms with Crippen molar-refractivity contribution in [3.8, 4) is 0 Å². The van der Waals surface area contributed by atoms with Crippen molar-refractivity contribution in [2.75, 3.05) is 6.54 Å². The molecule has 11 heavy (non-hydrogen) atoms. The summed E-state index contributed by atoms with van der Waals surface area (Å²) in [5, 5.41) is 3.30. The van der Waals surface area contributed by atoms with Crippen molar-refractivity contribution in [2.45, 2.75) is 6.42 Å². The summed E-state index contributed by atoms with van der Waals surface area (Å²) < 4.78 is 0. The van der Waals surface area contributed by atoms with E-state index in [4.69, 9.17) is 0 Å². The molecule has 0 spiro atoms. The smallest absolute Gasteiger partial charge is 0.0227 e. The zero-order valence-electron chi connectivity index (χ0n) is 6.59. The molecule has 0 amide bonds. The van der Waals surface area contributed by atoms with Crippen molar-refractivity contribution < 1.29 is 0 Å². The van der Waals surface area contributed by atoms with E-state index in [9.17, 15) is 0 Å². The molecule has 0 aromatic heterocycles. The average molecular weight is 147 g/mol. The molecule has 1 nitrogen and oxygen atoms in total. The minimum absolute atomic E-state index is 0.550. The maximum absolute atomic E-state index is 4.00. The van der Waals surface area contributed by atoms with Crippen LogP contribution in [0.15, 0.2) is 36.6 Å². The molecule has 58 valence electrons. The number of allylic oxidation sites excluding steroid dienone is 4. The molecule has 0 saturated carbocycles. The summed E-state index contributed by atoms with van der Waals surface area (Å²) in [6.45, 7) is 5.08. The highest BCUT2D eigenvalue weighted by molar-refractivity contribution is 5.23. The second-order valence-electron chi connectivity index (χ2n) is 3.20. The molecule has 0 radical (unpaired) electrons. The molecule has 0 bridgehead atoms. The summed E-state index contributed by atoms with van der Waals surface area (Å²) >= 11 is 0. The first kappa shape index (κ1) is 6.71. The third-order valence-corrected chi connectivity index (χ3v) is 2.48. The molecule has 0 aromatic carbocycles. The fraction of sp³-hybridized carbons (Fsp3) is 0.400. The van der Waals surface area contributed by atoms with Crippen LogP contribution in [-0.2, 0) is 0 Å². The van der Waals surface area contributed by atoms with Crippen LogP contribution in [0.4, 0.5) is 0 Å². The summed E-state index contributed by atoms with van der Waals surface area (Å²) in [5.41, 5.74) is 1.18. The number of nitrogens with one attached hydrogen (secondary N) is 1. The molecular formula is C10H13N. The van der Waals surface area contributed by atoms with E-state index in [0.29, 0.717) is 11.8 Å². The van der Waals surface area contributed by atoms with E-state index in [2.05, 4.69) is 36.2 Å². The number of fused-ring (bicyclic) bond motifs is 1. The van der Waals surface area contributed by atoms with E-state index < -0.39 is 0 Å². The minimum atomic E-state index is 0.550. The van der Waals surface area contributed by atoms with Gasteiger partial charge in [-0.05, 0) is 12.3 Å². The lowest BCUT2D eigenvalue weighted by Crippen LogP contribution is -2.32. The lowest BCUT2D eigenvalue weighted by molar-refractivity contribution is 0.411. The van der Waals surface area contributed by atoms with Crippen molar-refractivity contribution >= 4 is 0 Å². The molecular weight excluding hydrogens is 134 g/mol. The highest BCUT2D eigenvalue weighted by Crippen LogP contribution is 2.29. The Labute approximate surface area is 67.5 Å². The standard InChI is InChI=1S/C10H13N/c1-8-10-5-3-2-4-9(10)6-7-11-8/h2-5,9-11H,1,6-7H2. The zero-order valence-corrected chi connectivity index (χ0v) is 6.59. The van der Waals surface area contributed by atoms with Gasteiger partial charge >= 0.3 is 0 Å². The van der Waals surface area contributed by atoms with Crippen LogP contribution >= 0.6 is 0 Å².